The molecule has 1 aliphatic rings. The Balaban J connectivity index is 1.72. The highest BCUT2D eigenvalue weighted by atomic mass is 35.5. The zero-order chi connectivity index (χ0) is 17.8. The van der Waals surface area contributed by atoms with Gasteiger partial charge in [-0.05, 0) is 50.2 Å². The minimum Gasteiger partial charge on any atom is -0.468 e. The van der Waals surface area contributed by atoms with Crippen LogP contribution in [0.25, 0.3) is 0 Å². The molecular formula is C18H19Cl2FN2O2. The van der Waals surface area contributed by atoms with Gasteiger partial charge in [-0.3, -0.25) is 9.69 Å². The van der Waals surface area contributed by atoms with Crippen LogP contribution in [0, 0.1) is 5.82 Å². The van der Waals surface area contributed by atoms with Crippen LogP contribution in [0.4, 0.5) is 4.39 Å². The Hall–Kier alpha value is -1.56. The van der Waals surface area contributed by atoms with E-state index >= 15 is 0 Å². The molecule has 2 heterocycles. The van der Waals surface area contributed by atoms with Crippen molar-refractivity contribution in [3.05, 3.63) is 57.7 Å². The zero-order valence-corrected chi connectivity index (χ0v) is 15.1. The van der Waals surface area contributed by atoms with Gasteiger partial charge in [-0.2, -0.15) is 0 Å². The van der Waals surface area contributed by atoms with E-state index < -0.39 is 11.7 Å². The van der Waals surface area contributed by atoms with Gasteiger partial charge in [-0.15, -0.1) is 0 Å². The van der Waals surface area contributed by atoms with Crippen LogP contribution in [0.5, 0.6) is 0 Å². The molecule has 1 atom stereocenters. The van der Waals surface area contributed by atoms with E-state index in [-0.39, 0.29) is 21.7 Å². The van der Waals surface area contributed by atoms with E-state index in [9.17, 15) is 9.18 Å². The lowest BCUT2D eigenvalue weighted by atomic mass is 10.1. The number of carbonyl (C=O) groups excluding carboxylic acids is 1. The van der Waals surface area contributed by atoms with Gasteiger partial charge >= 0.3 is 0 Å². The molecule has 0 saturated carbocycles. The molecule has 1 N–H and O–H groups in total. The number of benzene rings is 1. The Labute approximate surface area is 155 Å². The second-order valence-corrected chi connectivity index (χ2v) is 6.90. The first-order valence-corrected chi connectivity index (χ1v) is 9.02. The number of hydrogen-bond acceptors (Lipinski definition) is 3. The monoisotopic (exact) mass is 384 g/mol. The summed E-state index contributed by atoms with van der Waals surface area (Å²) >= 11 is 11.7. The molecule has 2 aromatic rings. The third kappa shape index (κ3) is 4.35. The van der Waals surface area contributed by atoms with Crippen LogP contribution in [-0.2, 0) is 0 Å². The Morgan fingerprint density at radius 3 is 2.68 bits per heavy atom. The fourth-order valence-electron chi connectivity index (χ4n) is 3.10. The molecule has 0 spiro atoms. The summed E-state index contributed by atoms with van der Waals surface area (Å²) in [6.45, 7) is 2.27. The molecule has 1 aromatic carbocycles. The van der Waals surface area contributed by atoms with Gasteiger partial charge in [0.1, 0.15) is 11.6 Å². The molecule has 134 valence electrons. The van der Waals surface area contributed by atoms with Crippen molar-refractivity contribution in [2.24, 2.45) is 0 Å². The first-order chi connectivity index (χ1) is 12.1. The summed E-state index contributed by atoms with van der Waals surface area (Å²) in [5, 5.41) is 2.85. The van der Waals surface area contributed by atoms with Crippen molar-refractivity contribution in [3.8, 4) is 0 Å². The lowest BCUT2D eigenvalue weighted by molar-refractivity contribution is 0.0914. The maximum absolute atomic E-state index is 13.6. The number of halogens is 3. The quantitative estimate of drug-likeness (QED) is 0.760. The molecule has 0 aliphatic carbocycles. The van der Waals surface area contributed by atoms with Gasteiger partial charge in [-0.25, -0.2) is 4.39 Å². The van der Waals surface area contributed by atoms with Gasteiger partial charge in [0.15, 0.2) is 0 Å². The number of carbonyl (C=O) groups is 1. The van der Waals surface area contributed by atoms with Gasteiger partial charge in [0.25, 0.3) is 5.91 Å². The van der Waals surface area contributed by atoms with E-state index in [0.717, 1.165) is 37.8 Å². The number of hydrogen-bond donors (Lipinski definition) is 1. The molecule has 3 rings (SSSR count). The number of rotatable bonds is 5. The second kappa shape index (κ2) is 8.21. The van der Waals surface area contributed by atoms with Crippen LogP contribution < -0.4 is 5.32 Å². The van der Waals surface area contributed by atoms with E-state index in [1.54, 1.807) is 6.26 Å². The van der Waals surface area contributed by atoms with E-state index in [4.69, 9.17) is 27.6 Å². The predicted octanol–water partition coefficient (Wildman–Crippen LogP) is 4.68. The number of nitrogens with zero attached hydrogens (tertiary/aromatic N) is 1. The Bertz CT molecular complexity index is 731. The van der Waals surface area contributed by atoms with Gasteiger partial charge in [0, 0.05) is 6.54 Å². The maximum atomic E-state index is 13.6. The molecular weight excluding hydrogens is 366 g/mol. The summed E-state index contributed by atoms with van der Waals surface area (Å²) in [5.41, 5.74) is 0.0698. The molecule has 1 saturated heterocycles. The van der Waals surface area contributed by atoms with Crippen molar-refractivity contribution in [1.82, 2.24) is 10.2 Å². The highest BCUT2D eigenvalue weighted by Gasteiger charge is 2.25. The molecule has 25 heavy (non-hydrogen) atoms. The van der Waals surface area contributed by atoms with Gasteiger partial charge in [0.05, 0.1) is 27.9 Å². The Morgan fingerprint density at radius 2 is 2.00 bits per heavy atom. The van der Waals surface area contributed by atoms with Crippen LogP contribution in [-0.4, -0.2) is 30.4 Å². The number of piperidine rings is 1. The molecule has 1 fully saturated rings. The Kier molecular flexibility index (Phi) is 5.99. The lowest BCUT2D eigenvalue weighted by Crippen LogP contribution is -2.40. The van der Waals surface area contributed by atoms with Gasteiger partial charge in [-0.1, -0.05) is 29.6 Å². The van der Waals surface area contributed by atoms with Gasteiger partial charge < -0.3 is 9.73 Å². The predicted molar refractivity (Wildman–Crippen MR) is 95.6 cm³/mol. The summed E-state index contributed by atoms with van der Waals surface area (Å²) in [6.07, 6.45) is 5.09. The zero-order valence-electron chi connectivity index (χ0n) is 13.6. The van der Waals surface area contributed by atoms with Crippen molar-refractivity contribution >= 4 is 29.1 Å². The van der Waals surface area contributed by atoms with Crippen LogP contribution in [0.1, 0.15) is 41.4 Å². The minimum atomic E-state index is -0.671. The molecule has 0 radical (unpaired) electrons. The maximum Gasteiger partial charge on any atom is 0.252 e. The first-order valence-electron chi connectivity index (χ1n) is 8.26. The number of furan rings is 1. The highest BCUT2D eigenvalue weighted by molar-refractivity contribution is 6.36. The van der Waals surface area contributed by atoms with Crippen molar-refractivity contribution < 1.29 is 13.6 Å². The summed E-state index contributed by atoms with van der Waals surface area (Å²) in [7, 11) is 0. The first kappa shape index (κ1) is 18.2. The molecule has 0 unspecified atom stereocenters. The van der Waals surface area contributed by atoms with Crippen LogP contribution >= 0.6 is 23.2 Å². The molecule has 7 heteroatoms. The minimum absolute atomic E-state index is 0.0600. The normalized spacial score (nSPS) is 16.6. The fraction of sp³-hybridized carbons (Fsp3) is 0.389. The highest BCUT2D eigenvalue weighted by Crippen LogP contribution is 2.26. The van der Waals surface area contributed by atoms with E-state index in [0.29, 0.717) is 6.54 Å². The smallest absolute Gasteiger partial charge is 0.252 e. The van der Waals surface area contributed by atoms with E-state index in [1.165, 1.54) is 12.5 Å². The lowest BCUT2D eigenvalue weighted by Gasteiger charge is -2.33. The molecule has 4 nitrogen and oxygen atoms in total. The summed E-state index contributed by atoms with van der Waals surface area (Å²) in [6, 6.07) is 5.97. The molecule has 0 bridgehead atoms. The van der Waals surface area contributed by atoms with E-state index in [2.05, 4.69) is 10.2 Å². The van der Waals surface area contributed by atoms with Gasteiger partial charge in [0.2, 0.25) is 0 Å². The third-order valence-corrected chi connectivity index (χ3v) is 5.02. The van der Waals surface area contributed by atoms with Crippen LogP contribution in [0.15, 0.2) is 34.9 Å². The number of nitrogens with one attached hydrogen (secondary N) is 1. The second-order valence-electron chi connectivity index (χ2n) is 6.08. The largest absolute Gasteiger partial charge is 0.468 e. The topological polar surface area (TPSA) is 45.5 Å². The standard InChI is InChI=1S/C18H19Cl2FN2O2/c19-13-10-14(20)15(21)9-12(13)18(24)22-11-16(17-5-4-8-25-17)23-6-2-1-3-7-23/h4-5,8-10,16H,1-3,6-7,11H2,(H,22,24)/t16-/m1/s1. The van der Waals surface area contributed by atoms with E-state index in [1.807, 2.05) is 12.1 Å². The van der Waals surface area contributed by atoms with Crippen LogP contribution in [0.3, 0.4) is 0 Å². The van der Waals surface area contributed by atoms with Crippen LogP contribution in [0.2, 0.25) is 10.0 Å². The Morgan fingerprint density at radius 1 is 1.24 bits per heavy atom. The molecule has 1 aromatic heterocycles. The van der Waals surface area contributed by atoms with Crippen molar-refractivity contribution in [2.75, 3.05) is 19.6 Å². The third-order valence-electron chi connectivity index (χ3n) is 4.41. The number of likely N-dealkylation sites (tertiary alicyclic amines) is 1. The SMILES string of the molecule is O=C(NC[C@H](c1ccco1)N1CCCCC1)c1cc(F)c(Cl)cc1Cl. The molecule has 1 aliphatic heterocycles. The summed E-state index contributed by atoms with van der Waals surface area (Å²) in [5.74, 6) is -0.306. The summed E-state index contributed by atoms with van der Waals surface area (Å²) in [4.78, 5) is 14.7. The molecule has 1 amide bonds. The summed E-state index contributed by atoms with van der Waals surface area (Å²) < 4.78 is 19.2. The van der Waals surface area contributed by atoms with Crippen molar-refractivity contribution in [1.29, 1.82) is 0 Å². The van der Waals surface area contributed by atoms with Crippen molar-refractivity contribution in [3.63, 3.8) is 0 Å². The van der Waals surface area contributed by atoms with Crippen molar-refractivity contribution in [2.45, 2.75) is 25.3 Å². The number of amides is 1. The fourth-order valence-corrected chi connectivity index (χ4v) is 3.57. The average molecular weight is 385 g/mol. The average Bonchev–Trinajstić information content (AvgIpc) is 3.13.